The van der Waals surface area contributed by atoms with Gasteiger partial charge in [0.05, 0.1) is 6.10 Å². The number of aliphatic carboxylic acids is 1. The van der Waals surface area contributed by atoms with E-state index in [1.54, 1.807) is 7.11 Å². The summed E-state index contributed by atoms with van der Waals surface area (Å²) in [7, 11) is 1.65. The van der Waals surface area contributed by atoms with Crippen molar-refractivity contribution >= 4 is 5.97 Å². The number of rotatable bonds is 6. The monoisotopic (exact) mass is 217 g/mol. The summed E-state index contributed by atoms with van der Waals surface area (Å²) in [6, 6.07) is -0.512. The highest BCUT2D eigenvalue weighted by atomic mass is 16.5. The van der Waals surface area contributed by atoms with Gasteiger partial charge in [-0.05, 0) is 19.4 Å². The van der Waals surface area contributed by atoms with Gasteiger partial charge < -0.3 is 14.9 Å². The Balaban J connectivity index is 2.29. The first kappa shape index (κ1) is 12.4. The first-order valence-electron chi connectivity index (χ1n) is 5.29. The highest BCUT2D eigenvalue weighted by Gasteiger charge is 2.35. The first-order chi connectivity index (χ1) is 7.15. The quantitative estimate of drug-likeness (QED) is 0.610. The number of ether oxygens (including phenoxy) is 1. The smallest absolute Gasteiger partial charge is 0.321 e. The second-order valence-corrected chi connectivity index (χ2v) is 3.94. The van der Waals surface area contributed by atoms with E-state index in [2.05, 4.69) is 0 Å². The minimum absolute atomic E-state index is 0.347. The van der Waals surface area contributed by atoms with Gasteiger partial charge in [0.15, 0.2) is 0 Å². The van der Waals surface area contributed by atoms with Crippen LogP contribution >= 0.6 is 0 Å². The fourth-order valence-corrected chi connectivity index (χ4v) is 1.94. The van der Waals surface area contributed by atoms with Crippen LogP contribution in [0.25, 0.3) is 0 Å². The summed E-state index contributed by atoms with van der Waals surface area (Å²) in [5, 5.41) is 18.3. The zero-order valence-corrected chi connectivity index (χ0v) is 9.06. The molecule has 15 heavy (non-hydrogen) atoms. The number of aliphatic hydroxyl groups is 1. The number of hydrogen-bond acceptors (Lipinski definition) is 4. The Morgan fingerprint density at radius 3 is 2.87 bits per heavy atom. The fourth-order valence-electron chi connectivity index (χ4n) is 1.94. The van der Waals surface area contributed by atoms with Gasteiger partial charge in [0, 0.05) is 26.7 Å². The molecule has 2 N–H and O–H groups in total. The maximum Gasteiger partial charge on any atom is 0.321 e. The Morgan fingerprint density at radius 1 is 1.53 bits per heavy atom. The van der Waals surface area contributed by atoms with E-state index in [-0.39, 0.29) is 0 Å². The van der Waals surface area contributed by atoms with Crippen LogP contribution in [0.4, 0.5) is 0 Å². The van der Waals surface area contributed by atoms with Crippen molar-refractivity contribution in [2.75, 3.05) is 26.8 Å². The molecule has 1 heterocycles. The predicted molar refractivity (Wildman–Crippen MR) is 54.7 cm³/mol. The number of likely N-dealkylation sites (tertiary alicyclic amines) is 1. The van der Waals surface area contributed by atoms with Gasteiger partial charge in [0.2, 0.25) is 0 Å². The van der Waals surface area contributed by atoms with E-state index in [1.807, 2.05) is 4.90 Å². The Hall–Kier alpha value is -0.650. The van der Waals surface area contributed by atoms with Gasteiger partial charge in [-0.2, -0.15) is 0 Å². The molecular weight excluding hydrogens is 198 g/mol. The number of aliphatic hydroxyl groups excluding tert-OH is 1. The third-order valence-electron chi connectivity index (χ3n) is 2.71. The zero-order valence-electron chi connectivity index (χ0n) is 9.06. The van der Waals surface area contributed by atoms with Crippen LogP contribution in [0.1, 0.15) is 19.3 Å². The van der Waals surface area contributed by atoms with Gasteiger partial charge in [-0.1, -0.05) is 0 Å². The largest absolute Gasteiger partial charge is 0.480 e. The molecule has 0 aromatic heterocycles. The fraction of sp³-hybridized carbons (Fsp3) is 0.900. The molecule has 1 aliphatic rings. The number of methoxy groups -OCH3 is 1. The molecule has 2 unspecified atom stereocenters. The number of hydrogen-bond donors (Lipinski definition) is 2. The highest BCUT2D eigenvalue weighted by Crippen LogP contribution is 2.18. The molecule has 0 bridgehead atoms. The van der Waals surface area contributed by atoms with Crippen LogP contribution < -0.4 is 0 Å². The van der Waals surface area contributed by atoms with Crippen molar-refractivity contribution in [2.45, 2.75) is 31.4 Å². The molecule has 88 valence electrons. The summed E-state index contributed by atoms with van der Waals surface area (Å²) in [5.74, 6) is -0.835. The van der Waals surface area contributed by atoms with E-state index in [4.69, 9.17) is 9.84 Å². The number of carboxylic acid groups (broad SMARTS) is 1. The van der Waals surface area contributed by atoms with Crippen LogP contribution in [0, 0.1) is 0 Å². The second kappa shape index (κ2) is 6.05. The van der Waals surface area contributed by atoms with E-state index in [9.17, 15) is 9.90 Å². The maximum absolute atomic E-state index is 10.9. The second-order valence-electron chi connectivity index (χ2n) is 3.94. The van der Waals surface area contributed by atoms with Crippen molar-refractivity contribution in [3.8, 4) is 0 Å². The number of β-amino-alcohol motifs (C(OH)–C–C–N with tert-alkyl or cyclic N) is 1. The van der Waals surface area contributed by atoms with Gasteiger partial charge >= 0.3 is 5.97 Å². The molecule has 1 aliphatic heterocycles. The molecule has 0 aliphatic carbocycles. The number of nitrogens with zero attached hydrogens (tertiary/aromatic N) is 1. The molecule has 0 saturated carbocycles. The highest BCUT2D eigenvalue weighted by molar-refractivity contribution is 5.74. The minimum atomic E-state index is -0.835. The van der Waals surface area contributed by atoms with Gasteiger partial charge in [0.25, 0.3) is 0 Å². The third-order valence-corrected chi connectivity index (χ3v) is 2.71. The van der Waals surface area contributed by atoms with Crippen molar-refractivity contribution in [1.29, 1.82) is 0 Å². The standard InChI is InChI=1S/C10H19NO4/c1-15-5-3-2-4-11-7-8(12)6-9(11)10(13)14/h8-9,12H,2-7H2,1H3,(H,13,14). The summed E-state index contributed by atoms with van der Waals surface area (Å²) in [6.45, 7) is 1.90. The molecule has 5 heteroatoms. The van der Waals surface area contributed by atoms with Crippen molar-refractivity contribution in [2.24, 2.45) is 0 Å². The van der Waals surface area contributed by atoms with E-state index < -0.39 is 18.1 Å². The SMILES string of the molecule is COCCCCN1CC(O)CC1C(=O)O. The predicted octanol–water partition coefficient (Wildman–Crippen LogP) is -0.0672. The molecule has 1 saturated heterocycles. The van der Waals surface area contributed by atoms with Crippen molar-refractivity contribution in [1.82, 2.24) is 4.90 Å². The molecule has 0 aromatic rings. The molecule has 0 spiro atoms. The molecule has 2 atom stereocenters. The molecule has 0 amide bonds. The third kappa shape index (κ3) is 3.77. The maximum atomic E-state index is 10.9. The van der Waals surface area contributed by atoms with Crippen LogP contribution in [-0.2, 0) is 9.53 Å². The van der Waals surface area contributed by atoms with Crippen LogP contribution in [-0.4, -0.2) is 60.0 Å². The molecule has 0 aromatic carbocycles. The minimum Gasteiger partial charge on any atom is -0.480 e. The summed E-state index contributed by atoms with van der Waals surface area (Å²) in [6.07, 6.45) is 1.69. The Morgan fingerprint density at radius 2 is 2.27 bits per heavy atom. The van der Waals surface area contributed by atoms with Gasteiger partial charge in [0.1, 0.15) is 6.04 Å². The Bertz CT molecular complexity index is 210. The van der Waals surface area contributed by atoms with Crippen molar-refractivity contribution in [3.63, 3.8) is 0 Å². The Labute approximate surface area is 89.6 Å². The van der Waals surface area contributed by atoms with Gasteiger partial charge in [-0.3, -0.25) is 9.69 Å². The molecule has 1 rings (SSSR count). The summed E-state index contributed by atoms with van der Waals surface area (Å²) < 4.78 is 4.92. The summed E-state index contributed by atoms with van der Waals surface area (Å²) in [5.41, 5.74) is 0. The lowest BCUT2D eigenvalue weighted by molar-refractivity contribution is -0.142. The van der Waals surface area contributed by atoms with Crippen LogP contribution in [0.5, 0.6) is 0 Å². The van der Waals surface area contributed by atoms with Gasteiger partial charge in [-0.15, -0.1) is 0 Å². The summed E-state index contributed by atoms with van der Waals surface area (Å²) in [4.78, 5) is 12.7. The lowest BCUT2D eigenvalue weighted by Crippen LogP contribution is -2.36. The van der Waals surface area contributed by atoms with E-state index in [0.717, 1.165) is 19.4 Å². The van der Waals surface area contributed by atoms with Crippen molar-refractivity contribution < 1.29 is 19.7 Å². The number of carbonyl (C=O) groups is 1. The molecule has 1 fully saturated rings. The van der Waals surface area contributed by atoms with Crippen LogP contribution in [0.3, 0.4) is 0 Å². The lowest BCUT2D eigenvalue weighted by atomic mass is 10.2. The van der Waals surface area contributed by atoms with Crippen LogP contribution in [0.2, 0.25) is 0 Å². The normalized spacial score (nSPS) is 27.1. The molecule has 5 nitrogen and oxygen atoms in total. The summed E-state index contributed by atoms with van der Waals surface area (Å²) >= 11 is 0. The van der Waals surface area contributed by atoms with Crippen LogP contribution in [0.15, 0.2) is 0 Å². The average Bonchev–Trinajstić information content (AvgIpc) is 2.55. The molecular formula is C10H19NO4. The number of carboxylic acids is 1. The Kier molecular flexibility index (Phi) is 5.01. The average molecular weight is 217 g/mol. The van der Waals surface area contributed by atoms with E-state index in [1.165, 1.54) is 0 Å². The van der Waals surface area contributed by atoms with E-state index >= 15 is 0 Å². The lowest BCUT2D eigenvalue weighted by Gasteiger charge is -2.20. The first-order valence-corrected chi connectivity index (χ1v) is 5.29. The van der Waals surface area contributed by atoms with Crippen molar-refractivity contribution in [3.05, 3.63) is 0 Å². The topological polar surface area (TPSA) is 70.0 Å². The molecule has 0 radical (unpaired) electrons. The number of unbranched alkanes of at least 4 members (excludes halogenated alkanes) is 1. The van der Waals surface area contributed by atoms with Gasteiger partial charge in [-0.25, -0.2) is 0 Å². The van der Waals surface area contributed by atoms with E-state index in [0.29, 0.717) is 19.6 Å². The zero-order chi connectivity index (χ0) is 11.3.